The number of piperidine rings is 1. The molecule has 1 amide bonds. The first-order valence-electron chi connectivity index (χ1n) is 8.87. The summed E-state index contributed by atoms with van der Waals surface area (Å²) in [4.78, 5) is 17.4. The second-order valence-corrected chi connectivity index (χ2v) is 7.22. The molecule has 0 unspecified atom stereocenters. The minimum atomic E-state index is 0.0526. The molecule has 4 heteroatoms. The van der Waals surface area contributed by atoms with E-state index in [0.717, 1.165) is 39.1 Å². The normalized spacial score (nSPS) is 24.0. The smallest absolute Gasteiger partial charge is 0.240 e. The van der Waals surface area contributed by atoms with Crippen LogP contribution in [0, 0.1) is 5.41 Å². The summed E-state index contributed by atoms with van der Waals surface area (Å²) in [6.07, 6.45) is 3.42. The van der Waals surface area contributed by atoms with E-state index in [1.165, 1.54) is 18.4 Å². The van der Waals surface area contributed by atoms with Crippen molar-refractivity contribution in [1.82, 2.24) is 15.1 Å². The Morgan fingerprint density at radius 2 is 2.00 bits per heavy atom. The maximum Gasteiger partial charge on any atom is 0.240 e. The number of benzene rings is 1. The molecule has 4 nitrogen and oxygen atoms in total. The molecule has 2 heterocycles. The summed E-state index contributed by atoms with van der Waals surface area (Å²) < 4.78 is 0. The van der Waals surface area contributed by atoms with E-state index in [0.29, 0.717) is 11.3 Å². The van der Waals surface area contributed by atoms with E-state index in [9.17, 15) is 4.79 Å². The van der Waals surface area contributed by atoms with Crippen molar-refractivity contribution in [3.05, 3.63) is 35.9 Å². The first-order chi connectivity index (χ1) is 11.1. The van der Waals surface area contributed by atoms with Gasteiger partial charge in [-0.1, -0.05) is 30.3 Å². The first kappa shape index (κ1) is 16.5. The number of carbonyl (C=O) groups is 1. The second-order valence-electron chi connectivity index (χ2n) is 7.22. The number of hydrogen-bond acceptors (Lipinski definition) is 3. The van der Waals surface area contributed by atoms with Gasteiger partial charge in [0, 0.05) is 19.6 Å². The topological polar surface area (TPSA) is 35.6 Å². The molecule has 0 aromatic heterocycles. The van der Waals surface area contributed by atoms with Crippen LogP contribution in [0.2, 0.25) is 0 Å². The van der Waals surface area contributed by atoms with Crippen LogP contribution >= 0.6 is 0 Å². The van der Waals surface area contributed by atoms with Gasteiger partial charge in [-0.3, -0.25) is 9.69 Å². The summed E-state index contributed by atoms with van der Waals surface area (Å²) >= 11 is 0. The number of nitrogens with one attached hydrogen (secondary N) is 1. The molecule has 2 fully saturated rings. The molecule has 1 N–H and O–H groups in total. The summed E-state index contributed by atoms with van der Waals surface area (Å²) in [5, 5.41) is 3.45. The fourth-order valence-electron chi connectivity index (χ4n) is 4.23. The standard InChI is InChI=1S/C19H29N3O/c1-3-22(14-16-7-5-4-6-8-16)18(23)17-13-19(15-21(17)2)9-11-20-12-10-19/h4-8,17,20H,3,9-15H2,1-2H3/t17-/m1/s1. The minimum absolute atomic E-state index is 0.0526. The molecule has 126 valence electrons. The molecule has 1 spiro atoms. The summed E-state index contributed by atoms with van der Waals surface area (Å²) in [7, 11) is 2.12. The minimum Gasteiger partial charge on any atom is -0.337 e. The molecule has 1 aromatic rings. The van der Waals surface area contributed by atoms with Gasteiger partial charge in [-0.05, 0) is 57.3 Å². The molecular weight excluding hydrogens is 286 g/mol. The largest absolute Gasteiger partial charge is 0.337 e. The van der Waals surface area contributed by atoms with Crippen molar-refractivity contribution < 1.29 is 4.79 Å². The molecule has 23 heavy (non-hydrogen) atoms. The predicted octanol–water partition coefficient (Wildman–Crippen LogP) is 2.11. The Morgan fingerprint density at radius 1 is 1.30 bits per heavy atom. The van der Waals surface area contributed by atoms with Gasteiger partial charge >= 0.3 is 0 Å². The Balaban J connectivity index is 1.68. The number of amides is 1. The maximum absolute atomic E-state index is 13.1. The molecule has 0 aliphatic carbocycles. The molecule has 3 rings (SSSR count). The van der Waals surface area contributed by atoms with E-state index >= 15 is 0 Å². The summed E-state index contributed by atoms with van der Waals surface area (Å²) in [6.45, 7) is 6.82. The van der Waals surface area contributed by atoms with Crippen molar-refractivity contribution in [2.45, 2.75) is 38.8 Å². The molecule has 1 atom stereocenters. The highest BCUT2D eigenvalue weighted by atomic mass is 16.2. The van der Waals surface area contributed by atoms with Crippen molar-refractivity contribution in [2.75, 3.05) is 33.2 Å². The van der Waals surface area contributed by atoms with Gasteiger partial charge in [-0.25, -0.2) is 0 Å². The third kappa shape index (κ3) is 3.59. The van der Waals surface area contributed by atoms with Gasteiger partial charge in [0.25, 0.3) is 0 Å². The lowest BCUT2D eigenvalue weighted by molar-refractivity contribution is -0.136. The van der Waals surface area contributed by atoms with Gasteiger partial charge < -0.3 is 10.2 Å². The van der Waals surface area contributed by atoms with E-state index < -0.39 is 0 Å². The van der Waals surface area contributed by atoms with Crippen LogP contribution in [0.15, 0.2) is 30.3 Å². The third-order valence-corrected chi connectivity index (χ3v) is 5.60. The summed E-state index contributed by atoms with van der Waals surface area (Å²) in [5.41, 5.74) is 1.56. The van der Waals surface area contributed by atoms with Crippen molar-refractivity contribution >= 4 is 5.91 Å². The zero-order valence-corrected chi connectivity index (χ0v) is 14.4. The highest BCUT2D eigenvalue weighted by Gasteiger charge is 2.46. The Bertz CT molecular complexity index is 525. The lowest BCUT2D eigenvalue weighted by Crippen LogP contribution is -2.43. The number of likely N-dealkylation sites (tertiary alicyclic amines) is 1. The Morgan fingerprint density at radius 3 is 2.65 bits per heavy atom. The van der Waals surface area contributed by atoms with Gasteiger partial charge in [-0.2, -0.15) is 0 Å². The van der Waals surface area contributed by atoms with E-state index in [-0.39, 0.29) is 6.04 Å². The van der Waals surface area contributed by atoms with Crippen LogP contribution in [-0.4, -0.2) is 55.0 Å². The second kappa shape index (κ2) is 7.02. The van der Waals surface area contributed by atoms with E-state index in [2.05, 4.69) is 36.3 Å². The number of rotatable bonds is 4. The van der Waals surface area contributed by atoms with Crippen LogP contribution in [0.1, 0.15) is 31.7 Å². The molecule has 2 aliphatic heterocycles. The van der Waals surface area contributed by atoms with Crippen LogP contribution in [0.3, 0.4) is 0 Å². The molecule has 0 radical (unpaired) electrons. The van der Waals surface area contributed by atoms with Crippen LogP contribution in [0.4, 0.5) is 0 Å². The summed E-state index contributed by atoms with van der Waals surface area (Å²) in [6, 6.07) is 10.4. The summed E-state index contributed by atoms with van der Waals surface area (Å²) in [5.74, 6) is 0.300. The predicted molar refractivity (Wildman–Crippen MR) is 93.1 cm³/mol. The van der Waals surface area contributed by atoms with Crippen LogP contribution in [0.25, 0.3) is 0 Å². The van der Waals surface area contributed by atoms with Crippen molar-refractivity contribution in [3.8, 4) is 0 Å². The quantitative estimate of drug-likeness (QED) is 0.924. The van der Waals surface area contributed by atoms with Crippen LogP contribution in [-0.2, 0) is 11.3 Å². The van der Waals surface area contributed by atoms with Crippen molar-refractivity contribution in [3.63, 3.8) is 0 Å². The average molecular weight is 315 g/mol. The number of carbonyl (C=O) groups excluding carboxylic acids is 1. The Labute approximate surface area is 139 Å². The molecule has 0 saturated carbocycles. The zero-order valence-electron chi connectivity index (χ0n) is 14.4. The molecule has 2 aliphatic rings. The lowest BCUT2D eigenvalue weighted by Gasteiger charge is -2.33. The van der Waals surface area contributed by atoms with Crippen LogP contribution < -0.4 is 5.32 Å². The molecule has 0 bridgehead atoms. The fraction of sp³-hybridized carbons (Fsp3) is 0.632. The van der Waals surface area contributed by atoms with Gasteiger partial charge in [0.2, 0.25) is 5.91 Å². The lowest BCUT2D eigenvalue weighted by atomic mass is 9.77. The first-order valence-corrected chi connectivity index (χ1v) is 8.87. The monoisotopic (exact) mass is 315 g/mol. The van der Waals surface area contributed by atoms with E-state index in [1.54, 1.807) is 0 Å². The number of nitrogens with zero attached hydrogens (tertiary/aromatic N) is 2. The SMILES string of the molecule is CCN(Cc1ccccc1)C(=O)[C@H]1CC2(CCNCC2)CN1C. The number of likely N-dealkylation sites (N-methyl/N-ethyl adjacent to an activating group) is 2. The highest BCUT2D eigenvalue weighted by Crippen LogP contribution is 2.41. The fourth-order valence-corrected chi connectivity index (χ4v) is 4.23. The van der Waals surface area contributed by atoms with Gasteiger partial charge in [0.15, 0.2) is 0 Å². The van der Waals surface area contributed by atoms with E-state index in [4.69, 9.17) is 0 Å². The number of hydrogen-bond donors (Lipinski definition) is 1. The van der Waals surface area contributed by atoms with Crippen molar-refractivity contribution in [2.24, 2.45) is 5.41 Å². The molecule has 2 saturated heterocycles. The van der Waals surface area contributed by atoms with Crippen LogP contribution in [0.5, 0.6) is 0 Å². The Kier molecular flexibility index (Phi) is 5.02. The van der Waals surface area contributed by atoms with E-state index in [1.807, 2.05) is 23.1 Å². The molecular formula is C19H29N3O. The van der Waals surface area contributed by atoms with Gasteiger partial charge in [-0.15, -0.1) is 0 Å². The van der Waals surface area contributed by atoms with Crippen molar-refractivity contribution in [1.29, 1.82) is 0 Å². The molecule has 1 aromatic carbocycles. The van der Waals surface area contributed by atoms with Gasteiger partial charge in [0.05, 0.1) is 6.04 Å². The average Bonchev–Trinajstić information content (AvgIpc) is 2.89. The highest BCUT2D eigenvalue weighted by molar-refractivity contribution is 5.82. The third-order valence-electron chi connectivity index (χ3n) is 5.60. The maximum atomic E-state index is 13.1. The zero-order chi connectivity index (χ0) is 16.3. The Hall–Kier alpha value is -1.39. The van der Waals surface area contributed by atoms with Gasteiger partial charge in [0.1, 0.15) is 0 Å².